The molecule has 148 valence electrons. The number of benzene rings is 2. The van der Waals surface area contributed by atoms with Gasteiger partial charge in [-0.25, -0.2) is 0 Å². The number of halogens is 3. The molecule has 0 aromatic heterocycles. The van der Waals surface area contributed by atoms with Crippen molar-refractivity contribution < 1.29 is 14.8 Å². The topological polar surface area (TPSA) is 117 Å². The molecule has 0 aliphatic carbocycles. The third kappa shape index (κ3) is 6.38. The number of anilines is 1. The van der Waals surface area contributed by atoms with Crippen molar-refractivity contribution in [3.63, 3.8) is 0 Å². The van der Waals surface area contributed by atoms with Crippen molar-refractivity contribution in [3.8, 4) is 5.75 Å². The molecular weight excluding hydrogens is 451 g/mol. The van der Waals surface area contributed by atoms with Gasteiger partial charge >= 0.3 is 0 Å². The lowest BCUT2D eigenvalue weighted by Crippen LogP contribution is -2.56. The standard InChI is InChI=1S/C16H13Cl3N4O4S/c17-16(18,19)14(22-15(28)20-10-4-2-6-12(24)8-10)21-13(25)9-3-1-5-11(7-9)23(26)27/h1-8,14,24H,(H,21,25)(H2,20,22,28)/t14-/m1/s1. The molecule has 0 unspecified atom stereocenters. The summed E-state index contributed by atoms with van der Waals surface area (Å²) < 4.78 is -2.00. The van der Waals surface area contributed by atoms with Crippen LogP contribution in [0.4, 0.5) is 11.4 Å². The van der Waals surface area contributed by atoms with E-state index in [0.29, 0.717) is 5.69 Å². The van der Waals surface area contributed by atoms with Crippen LogP contribution in [0.1, 0.15) is 10.4 Å². The van der Waals surface area contributed by atoms with Gasteiger partial charge in [-0.05, 0) is 30.4 Å². The summed E-state index contributed by atoms with van der Waals surface area (Å²) in [6.45, 7) is 0. The van der Waals surface area contributed by atoms with Crippen LogP contribution >= 0.6 is 47.0 Å². The van der Waals surface area contributed by atoms with E-state index in [1.54, 1.807) is 12.1 Å². The fraction of sp³-hybridized carbons (Fsp3) is 0.125. The average molecular weight is 464 g/mol. The van der Waals surface area contributed by atoms with Gasteiger partial charge in [0.05, 0.1) is 4.92 Å². The number of amides is 1. The zero-order chi connectivity index (χ0) is 20.9. The number of carbonyl (C=O) groups excluding carboxylic acids is 1. The molecule has 0 saturated heterocycles. The SMILES string of the molecule is O=C(N[C@H](NC(=S)Nc1cccc(O)c1)C(Cl)(Cl)Cl)c1cccc([N+](=O)[O-])c1. The molecule has 2 aromatic rings. The van der Waals surface area contributed by atoms with Crippen LogP contribution < -0.4 is 16.0 Å². The number of nitro benzene ring substituents is 1. The maximum absolute atomic E-state index is 12.4. The van der Waals surface area contributed by atoms with E-state index in [1.807, 2.05) is 0 Å². The van der Waals surface area contributed by atoms with Crippen LogP contribution in [0.2, 0.25) is 0 Å². The maximum Gasteiger partial charge on any atom is 0.270 e. The Morgan fingerprint density at radius 3 is 2.43 bits per heavy atom. The van der Waals surface area contributed by atoms with Gasteiger partial charge < -0.3 is 21.1 Å². The Morgan fingerprint density at radius 2 is 1.82 bits per heavy atom. The van der Waals surface area contributed by atoms with Gasteiger partial charge in [0.2, 0.25) is 3.79 Å². The minimum absolute atomic E-state index is 0.00117. The first-order chi connectivity index (χ1) is 13.1. The van der Waals surface area contributed by atoms with Gasteiger partial charge in [-0.1, -0.05) is 46.9 Å². The summed E-state index contributed by atoms with van der Waals surface area (Å²) >= 11 is 22.8. The first-order valence-electron chi connectivity index (χ1n) is 7.55. The number of phenolic OH excluding ortho intramolecular Hbond substituents is 1. The fourth-order valence-corrected chi connectivity index (χ4v) is 2.62. The lowest BCUT2D eigenvalue weighted by Gasteiger charge is -2.27. The van der Waals surface area contributed by atoms with Crippen molar-refractivity contribution in [1.29, 1.82) is 0 Å². The zero-order valence-electron chi connectivity index (χ0n) is 13.9. The molecule has 0 aliphatic rings. The molecule has 0 radical (unpaired) electrons. The molecular formula is C16H13Cl3N4O4S. The number of hydrogen-bond donors (Lipinski definition) is 4. The molecule has 8 nitrogen and oxygen atoms in total. The number of aromatic hydroxyl groups is 1. The van der Waals surface area contributed by atoms with Gasteiger partial charge in [0.15, 0.2) is 5.11 Å². The lowest BCUT2D eigenvalue weighted by molar-refractivity contribution is -0.384. The predicted molar refractivity (Wildman–Crippen MR) is 112 cm³/mol. The highest BCUT2D eigenvalue weighted by Gasteiger charge is 2.35. The van der Waals surface area contributed by atoms with Crippen molar-refractivity contribution in [3.05, 3.63) is 64.2 Å². The van der Waals surface area contributed by atoms with E-state index in [-0.39, 0.29) is 22.1 Å². The highest BCUT2D eigenvalue weighted by atomic mass is 35.6. The Labute approximate surface area is 179 Å². The third-order valence-corrected chi connectivity index (χ3v) is 4.18. The molecule has 0 saturated carbocycles. The number of nitrogens with one attached hydrogen (secondary N) is 3. The summed E-state index contributed by atoms with van der Waals surface area (Å²) in [7, 11) is 0. The Bertz CT molecular complexity index is 907. The number of hydrogen-bond acceptors (Lipinski definition) is 5. The molecule has 0 aliphatic heterocycles. The number of nitrogens with zero attached hydrogens (tertiary/aromatic N) is 1. The molecule has 12 heteroatoms. The number of carbonyl (C=O) groups is 1. The number of phenols is 1. The van der Waals surface area contributed by atoms with E-state index < -0.39 is 20.8 Å². The molecule has 0 spiro atoms. The first kappa shape index (κ1) is 22.0. The molecule has 2 aromatic carbocycles. The van der Waals surface area contributed by atoms with Gasteiger partial charge in [0, 0.05) is 29.4 Å². The molecule has 1 atom stereocenters. The van der Waals surface area contributed by atoms with E-state index in [1.165, 1.54) is 30.3 Å². The van der Waals surface area contributed by atoms with Crippen molar-refractivity contribution >= 4 is 69.4 Å². The molecule has 0 fully saturated rings. The number of alkyl halides is 3. The van der Waals surface area contributed by atoms with Crippen molar-refractivity contribution in [1.82, 2.24) is 10.6 Å². The Morgan fingerprint density at radius 1 is 1.14 bits per heavy atom. The van der Waals surface area contributed by atoms with Gasteiger partial charge in [0.25, 0.3) is 11.6 Å². The molecule has 1 amide bonds. The summed E-state index contributed by atoms with van der Waals surface area (Å²) in [5, 5.41) is 28.2. The molecule has 0 bridgehead atoms. The normalized spacial score (nSPS) is 12.0. The molecule has 28 heavy (non-hydrogen) atoms. The van der Waals surface area contributed by atoms with E-state index in [9.17, 15) is 20.0 Å². The lowest BCUT2D eigenvalue weighted by atomic mass is 10.2. The van der Waals surface area contributed by atoms with Crippen LogP contribution in [0.3, 0.4) is 0 Å². The smallest absolute Gasteiger partial charge is 0.270 e. The predicted octanol–water partition coefficient (Wildman–Crippen LogP) is 3.71. The first-order valence-corrected chi connectivity index (χ1v) is 9.09. The van der Waals surface area contributed by atoms with Crippen LogP contribution in [0.15, 0.2) is 48.5 Å². The summed E-state index contributed by atoms with van der Waals surface area (Å²) in [5.41, 5.74) is 0.208. The van der Waals surface area contributed by atoms with Crippen LogP contribution in [0.5, 0.6) is 5.75 Å². The van der Waals surface area contributed by atoms with E-state index >= 15 is 0 Å². The Hall–Kier alpha value is -2.33. The third-order valence-electron chi connectivity index (χ3n) is 3.30. The number of nitro groups is 1. The zero-order valence-corrected chi connectivity index (χ0v) is 16.9. The van der Waals surface area contributed by atoms with E-state index in [0.717, 1.165) is 6.07 Å². The largest absolute Gasteiger partial charge is 0.508 e. The quantitative estimate of drug-likeness (QED) is 0.176. The van der Waals surface area contributed by atoms with Crippen LogP contribution in [-0.4, -0.2) is 31.0 Å². The highest BCUT2D eigenvalue weighted by molar-refractivity contribution is 7.80. The van der Waals surface area contributed by atoms with Gasteiger partial charge in [-0.15, -0.1) is 0 Å². The second-order valence-corrected chi connectivity index (χ2v) is 8.18. The molecule has 0 heterocycles. The van der Waals surface area contributed by atoms with E-state index in [2.05, 4.69) is 16.0 Å². The minimum atomic E-state index is -2.00. The number of rotatable bonds is 5. The summed E-state index contributed by atoms with van der Waals surface area (Å²) in [6.07, 6.45) is -1.26. The van der Waals surface area contributed by atoms with Crippen molar-refractivity contribution in [2.45, 2.75) is 9.96 Å². The van der Waals surface area contributed by atoms with Crippen LogP contribution in [-0.2, 0) is 0 Å². The van der Waals surface area contributed by atoms with E-state index in [4.69, 9.17) is 47.0 Å². The van der Waals surface area contributed by atoms with Gasteiger partial charge in [-0.2, -0.15) is 0 Å². The Kier molecular flexibility index (Phi) is 7.25. The average Bonchev–Trinajstić information content (AvgIpc) is 2.60. The molecule has 4 N–H and O–H groups in total. The monoisotopic (exact) mass is 462 g/mol. The summed E-state index contributed by atoms with van der Waals surface area (Å²) in [4.78, 5) is 22.6. The number of non-ortho nitro benzene ring substituents is 1. The van der Waals surface area contributed by atoms with Crippen molar-refractivity contribution in [2.75, 3.05) is 5.32 Å². The minimum Gasteiger partial charge on any atom is -0.508 e. The fourth-order valence-electron chi connectivity index (χ4n) is 2.06. The van der Waals surface area contributed by atoms with Gasteiger partial charge in [-0.3, -0.25) is 14.9 Å². The van der Waals surface area contributed by atoms with Crippen molar-refractivity contribution in [2.24, 2.45) is 0 Å². The summed E-state index contributed by atoms with van der Waals surface area (Å²) in [5.74, 6) is -0.697. The molecule has 2 rings (SSSR count). The highest BCUT2D eigenvalue weighted by Crippen LogP contribution is 2.29. The maximum atomic E-state index is 12.4. The van der Waals surface area contributed by atoms with Crippen LogP contribution in [0.25, 0.3) is 0 Å². The number of thiocarbonyl (C=S) groups is 1. The van der Waals surface area contributed by atoms with Crippen LogP contribution in [0, 0.1) is 10.1 Å². The Balaban J connectivity index is 2.11. The second-order valence-electron chi connectivity index (χ2n) is 5.40. The second kappa shape index (κ2) is 9.24. The van der Waals surface area contributed by atoms with Gasteiger partial charge in [0.1, 0.15) is 11.9 Å². The summed E-state index contributed by atoms with van der Waals surface area (Å²) in [6, 6.07) is 11.2.